The van der Waals surface area contributed by atoms with Gasteiger partial charge in [0.15, 0.2) is 0 Å². The summed E-state index contributed by atoms with van der Waals surface area (Å²) in [6.07, 6.45) is 0.916. The van der Waals surface area contributed by atoms with Gasteiger partial charge in [-0.3, -0.25) is 8.60 Å². The predicted molar refractivity (Wildman–Crippen MR) is 74.2 cm³/mol. The maximum Gasteiger partial charge on any atom is 0.135 e. The molecule has 0 saturated heterocycles. The van der Waals surface area contributed by atoms with Gasteiger partial charge in [0.25, 0.3) is 0 Å². The fraction of sp³-hybridized carbons (Fsp3) is 0.538. The molecule has 1 atom stereocenters. The molecule has 0 aliphatic carbocycles. The molecule has 0 aromatic heterocycles. The van der Waals surface area contributed by atoms with Crippen LogP contribution >= 0.6 is 0 Å². The number of alkyl halides is 1. The molecule has 1 aromatic rings. The highest BCUT2D eigenvalue weighted by Gasteiger charge is 2.15. The van der Waals surface area contributed by atoms with E-state index in [4.69, 9.17) is 15.2 Å². The summed E-state index contributed by atoms with van der Waals surface area (Å²) >= 11 is 0. The van der Waals surface area contributed by atoms with E-state index in [-0.39, 0.29) is 12.2 Å². The molecular formula is C13H20FNO3S. The third-order valence-electron chi connectivity index (χ3n) is 2.69. The molecule has 0 aliphatic rings. The Kier molecular flexibility index (Phi) is 6.80. The maximum atomic E-state index is 12.2. The zero-order valence-corrected chi connectivity index (χ0v) is 12.1. The summed E-state index contributed by atoms with van der Waals surface area (Å²) in [6.45, 7) is 0.0141. The fourth-order valence-corrected chi connectivity index (χ4v) is 2.95. The van der Waals surface area contributed by atoms with Gasteiger partial charge in [-0.1, -0.05) is 0 Å². The first-order valence-electron chi connectivity index (χ1n) is 6.07. The number of ether oxygens (including phenoxy) is 2. The van der Waals surface area contributed by atoms with Crippen molar-refractivity contribution in [2.45, 2.75) is 17.7 Å². The SMILES string of the molecule is COc1cc(S(=O)CCCF)c(OC)cc1CCN. The van der Waals surface area contributed by atoms with Gasteiger partial charge in [0, 0.05) is 11.8 Å². The second-order valence-electron chi connectivity index (χ2n) is 3.95. The van der Waals surface area contributed by atoms with E-state index >= 15 is 0 Å². The summed E-state index contributed by atoms with van der Waals surface area (Å²) in [5, 5.41) is 0. The number of rotatable bonds is 8. The van der Waals surface area contributed by atoms with Crippen LogP contribution in [0.25, 0.3) is 0 Å². The molecule has 2 N–H and O–H groups in total. The highest BCUT2D eigenvalue weighted by Crippen LogP contribution is 2.31. The first-order chi connectivity index (χ1) is 9.17. The first kappa shape index (κ1) is 15.9. The van der Waals surface area contributed by atoms with Crippen molar-refractivity contribution in [1.82, 2.24) is 0 Å². The lowest BCUT2D eigenvalue weighted by Crippen LogP contribution is -2.07. The van der Waals surface area contributed by atoms with Crippen molar-refractivity contribution in [2.75, 3.05) is 33.2 Å². The van der Waals surface area contributed by atoms with Gasteiger partial charge in [0.05, 0.1) is 36.6 Å². The molecule has 1 unspecified atom stereocenters. The summed E-state index contributed by atoms with van der Waals surface area (Å²) in [6, 6.07) is 3.48. The Morgan fingerprint density at radius 3 is 2.47 bits per heavy atom. The van der Waals surface area contributed by atoms with Crippen molar-refractivity contribution < 1.29 is 18.1 Å². The molecule has 1 aromatic carbocycles. The summed E-state index contributed by atoms with van der Waals surface area (Å²) in [5.41, 5.74) is 6.45. The van der Waals surface area contributed by atoms with Crippen LogP contribution in [0, 0.1) is 0 Å². The molecule has 6 heteroatoms. The Morgan fingerprint density at radius 2 is 1.95 bits per heavy atom. The van der Waals surface area contributed by atoms with Crippen molar-refractivity contribution in [3.8, 4) is 11.5 Å². The molecule has 0 saturated carbocycles. The van der Waals surface area contributed by atoms with Crippen LogP contribution in [0.15, 0.2) is 17.0 Å². The molecule has 0 fully saturated rings. The minimum absolute atomic E-state index is 0.267. The molecule has 0 heterocycles. The van der Waals surface area contributed by atoms with Crippen LogP contribution in [-0.2, 0) is 17.2 Å². The molecule has 108 valence electrons. The number of nitrogens with two attached hydrogens (primary N) is 1. The van der Waals surface area contributed by atoms with Gasteiger partial charge in [0.1, 0.15) is 11.5 Å². The Hall–Kier alpha value is -1.14. The van der Waals surface area contributed by atoms with Crippen LogP contribution in [0.2, 0.25) is 0 Å². The quantitative estimate of drug-likeness (QED) is 0.791. The van der Waals surface area contributed by atoms with E-state index < -0.39 is 17.5 Å². The number of benzene rings is 1. The number of hydrogen-bond acceptors (Lipinski definition) is 4. The Morgan fingerprint density at radius 1 is 1.26 bits per heavy atom. The molecule has 0 radical (unpaired) electrons. The van der Waals surface area contributed by atoms with Crippen molar-refractivity contribution in [3.63, 3.8) is 0 Å². The van der Waals surface area contributed by atoms with Gasteiger partial charge >= 0.3 is 0 Å². The second-order valence-corrected chi connectivity index (χ2v) is 5.48. The minimum atomic E-state index is -1.30. The standard InChI is InChI=1S/C13H20FNO3S/c1-17-11-9-13(19(16)7-3-5-14)12(18-2)8-10(11)4-6-15/h8-9H,3-7,15H2,1-2H3. The average molecular weight is 289 g/mol. The van der Waals surface area contributed by atoms with E-state index in [0.717, 1.165) is 5.56 Å². The van der Waals surface area contributed by atoms with Crippen LogP contribution < -0.4 is 15.2 Å². The highest BCUT2D eigenvalue weighted by atomic mass is 32.2. The zero-order chi connectivity index (χ0) is 14.3. The van der Waals surface area contributed by atoms with Crippen LogP contribution in [-0.4, -0.2) is 37.4 Å². The summed E-state index contributed by atoms with van der Waals surface area (Å²) in [4.78, 5) is 0.536. The lowest BCUT2D eigenvalue weighted by Gasteiger charge is -2.14. The van der Waals surface area contributed by atoms with E-state index in [1.165, 1.54) is 7.11 Å². The lowest BCUT2D eigenvalue weighted by molar-refractivity contribution is 0.389. The van der Waals surface area contributed by atoms with Crippen molar-refractivity contribution in [1.29, 1.82) is 0 Å². The molecular weight excluding hydrogens is 269 g/mol. The van der Waals surface area contributed by atoms with E-state index in [1.54, 1.807) is 19.2 Å². The summed E-state index contributed by atoms with van der Waals surface area (Å²) in [5.74, 6) is 1.43. The molecule has 0 spiro atoms. The molecule has 4 nitrogen and oxygen atoms in total. The first-order valence-corrected chi connectivity index (χ1v) is 7.39. The third kappa shape index (κ3) is 4.18. The number of hydrogen-bond donors (Lipinski definition) is 1. The van der Waals surface area contributed by atoms with Gasteiger partial charge < -0.3 is 15.2 Å². The Bertz CT molecular complexity index is 440. The normalized spacial score (nSPS) is 12.2. The molecule has 19 heavy (non-hydrogen) atoms. The molecule has 0 amide bonds. The topological polar surface area (TPSA) is 61.5 Å². The summed E-state index contributed by atoms with van der Waals surface area (Å²) in [7, 11) is 1.77. The van der Waals surface area contributed by atoms with E-state index in [9.17, 15) is 8.60 Å². The fourth-order valence-electron chi connectivity index (χ4n) is 1.76. The van der Waals surface area contributed by atoms with Crippen molar-refractivity contribution >= 4 is 10.8 Å². The van der Waals surface area contributed by atoms with Gasteiger partial charge in [0.2, 0.25) is 0 Å². The van der Waals surface area contributed by atoms with E-state index in [1.807, 2.05) is 0 Å². The van der Waals surface area contributed by atoms with Gasteiger partial charge in [-0.25, -0.2) is 0 Å². The van der Waals surface area contributed by atoms with Gasteiger partial charge in [-0.05, 0) is 31.0 Å². The number of methoxy groups -OCH3 is 2. The number of halogens is 1. The van der Waals surface area contributed by atoms with E-state index in [0.29, 0.717) is 29.4 Å². The molecule has 0 aliphatic heterocycles. The second kappa shape index (κ2) is 8.12. The van der Waals surface area contributed by atoms with Crippen LogP contribution in [0.1, 0.15) is 12.0 Å². The smallest absolute Gasteiger partial charge is 0.135 e. The van der Waals surface area contributed by atoms with Crippen LogP contribution in [0.4, 0.5) is 4.39 Å². The molecule has 0 bridgehead atoms. The minimum Gasteiger partial charge on any atom is -0.496 e. The van der Waals surface area contributed by atoms with Gasteiger partial charge in [-0.2, -0.15) is 0 Å². The van der Waals surface area contributed by atoms with Crippen molar-refractivity contribution in [3.05, 3.63) is 17.7 Å². The summed E-state index contributed by atoms with van der Waals surface area (Å²) < 4.78 is 34.8. The largest absolute Gasteiger partial charge is 0.496 e. The van der Waals surface area contributed by atoms with Crippen LogP contribution in [0.5, 0.6) is 11.5 Å². The molecule has 1 rings (SSSR count). The Balaban J connectivity index is 3.12. The van der Waals surface area contributed by atoms with E-state index in [2.05, 4.69) is 0 Å². The maximum absolute atomic E-state index is 12.2. The lowest BCUT2D eigenvalue weighted by atomic mass is 10.1. The predicted octanol–water partition coefficient (Wildman–Crippen LogP) is 1.67. The van der Waals surface area contributed by atoms with Crippen molar-refractivity contribution in [2.24, 2.45) is 5.73 Å². The van der Waals surface area contributed by atoms with Gasteiger partial charge in [-0.15, -0.1) is 0 Å². The Labute approximate surface area is 115 Å². The monoisotopic (exact) mass is 289 g/mol. The zero-order valence-electron chi connectivity index (χ0n) is 11.3. The van der Waals surface area contributed by atoms with Crippen LogP contribution in [0.3, 0.4) is 0 Å². The average Bonchev–Trinajstić information content (AvgIpc) is 2.44. The highest BCUT2D eigenvalue weighted by molar-refractivity contribution is 7.85. The third-order valence-corrected chi connectivity index (χ3v) is 4.16.